The number of hydrogen-bond donors (Lipinski definition) is 2. The second-order valence-electron chi connectivity index (χ2n) is 5.00. The van der Waals surface area contributed by atoms with Gasteiger partial charge >= 0.3 is 0 Å². The molecular formula is C11H21NO5. The SMILES string of the molecule is CO[C@H]1O[C@H]([C@H]2COC(C)(C)O2)[C@H](CO)[C@@H]1N. The predicted molar refractivity (Wildman–Crippen MR) is 59.1 cm³/mol. The average Bonchev–Trinajstić information content (AvgIpc) is 2.78. The minimum absolute atomic E-state index is 0.0496. The fourth-order valence-corrected chi connectivity index (χ4v) is 2.45. The van der Waals surface area contributed by atoms with Crippen molar-refractivity contribution in [2.24, 2.45) is 11.7 Å². The molecule has 0 unspecified atom stereocenters. The third-order valence-electron chi connectivity index (χ3n) is 3.36. The molecule has 2 heterocycles. The molecule has 0 amide bonds. The van der Waals surface area contributed by atoms with Crippen molar-refractivity contribution in [2.75, 3.05) is 20.3 Å². The Morgan fingerprint density at radius 3 is 2.65 bits per heavy atom. The van der Waals surface area contributed by atoms with Crippen LogP contribution in [0.25, 0.3) is 0 Å². The van der Waals surface area contributed by atoms with Crippen molar-refractivity contribution in [1.82, 2.24) is 0 Å². The first kappa shape index (κ1) is 13.2. The molecule has 6 heteroatoms. The maximum Gasteiger partial charge on any atom is 0.173 e. The van der Waals surface area contributed by atoms with E-state index in [0.29, 0.717) is 6.61 Å². The number of aliphatic hydroxyl groups excluding tert-OH is 1. The van der Waals surface area contributed by atoms with Crippen LogP contribution in [0.4, 0.5) is 0 Å². The minimum atomic E-state index is -0.608. The van der Waals surface area contributed by atoms with Crippen molar-refractivity contribution in [2.45, 2.75) is 44.2 Å². The van der Waals surface area contributed by atoms with Gasteiger partial charge in [0.25, 0.3) is 0 Å². The van der Waals surface area contributed by atoms with Crippen LogP contribution in [0.2, 0.25) is 0 Å². The van der Waals surface area contributed by atoms with Crippen LogP contribution in [0.1, 0.15) is 13.8 Å². The molecule has 0 aliphatic carbocycles. The Kier molecular flexibility index (Phi) is 3.72. The molecule has 5 atom stereocenters. The summed E-state index contributed by atoms with van der Waals surface area (Å²) in [6.07, 6.45) is -1.00. The summed E-state index contributed by atoms with van der Waals surface area (Å²) in [5.41, 5.74) is 5.96. The van der Waals surface area contributed by atoms with Crippen LogP contribution in [0.3, 0.4) is 0 Å². The lowest BCUT2D eigenvalue weighted by Crippen LogP contribution is -2.42. The summed E-state index contributed by atoms with van der Waals surface area (Å²) in [4.78, 5) is 0. The van der Waals surface area contributed by atoms with Gasteiger partial charge in [-0.25, -0.2) is 0 Å². The molecule has 0 radical (unpaired) electrons. The van der Waals surface area contributed by atoms with Crippen molar-refractivity contribution >= 4 is 0 Å². The first-order valence-electron chi connectivity index (χ1n) is 5.85. The van der Waals surface area contributed by atoms with E-state index in [1.165, 1.54) is 7.11 Å². The van der Waals surface area contributed by atoms with Crippen LogP contribution in [-0.4, -0.2) is 55.8 Å². The summed E-state index contributed by atoms with van der Waals surface area (Å²) in [6, 6.07) is -0.345. The summed E-state index contributed by atoms with van der Waals surface area (Å²) < 4.78 is 22.1. The number of nitrogens with two attached hydrogens (primary N) is 1. The molecule has 0 aromatic rings. The van der Waals surface area contributed by atoms with Crippen LogP contribution in [0.15, 0.2) is 0 Å². The lowest BCUT2D eigenvalue weighted by molar-refractivity contribution is -0.178. The highest BCUT2D eigenvalue weighted by Gasteiger charge is 2.49. The molecule has 2 rings (SSSR count). The van der Waals surface area contributed by atoms with Crippen LogP contribution >= 0.6 is 0 Å². The largest absolute Gasteiger partial charge is 0.396 e. The van der Waals surface area contributed by atoms with E-state index in [-0.39, 0.29) is 30.8 Å². The van der Waals surface area contributed by atoms with Crippen LogP contribution in [0.5, 0.6) is 0 Å². The van der Waals surface area contributed by atoms with Gasteiger partial charge in [0.05, 0.1) is 25.4 Å². The van der Waals surface area contributed by atoms with Crippen molar-refractivity contribution in [1.29, 1.82) is 0 Å². The second-order valence-corrected chi connectivity index (χ2v) is 5.00. The molecule has 100 valence electrons. The van der Waals surface area contributed by atoms with Gasteiger partial charge in [0.1, 0.15) is 6.10 Å². The van der Waals surface area contributed by atoms with E-state index < -0.39 is 12.1 Å². The number of methoxy groups -OCH3 is 1. The first-order valence-corrected chi connectivity index (χ1v) is 5.85. The Morgan fingerprint density at radius 1 is 1.47 bits per heavy atom. The molecule has 0 saturated carbocycles. The van der Waals surface area contributed by atoms with Gasteiger partial charge in [0.15, 0.2) is 12.1 Å². The Morgan fingerprint density at radius 2 is 2.18 bits per heavy atom. The van der Waals surface area contributed by atoms with Gasteiger partial charge < -0.3 is 29.8 Å². The second kappa shape index (κ2) is 4.79. The molecule has 2 saturated heterocycles. The van der Waals surface area contributed by atoms with Gasteiger partial charge in [-0.05, 0) is 13.8 Å². The van der Waals surface area contributed by atoms with E-state index >= 15 is 0 Å². The van der Waals surface area contributed by atoms with Gasteiger partial charge in [0.2, 0.25) is 0 Å². The number of aliphatic hydroxyl groups is 1. The Balaban J connectivity index is 2.05. The van der Waals surface area contributed by atoms with Gasteiger partial charge in [-0.1, -0.05) is 0 Å². The molecule has 0 bridgehead atoms. The van der Waals surface area contributed by atoms with Crippen molar-refractivity contribution in [3.63, 3.8) is 0 Å². The molecular weight excluding hydrogens is 226 g/mol. The van der Waals surface area contributed by atoms with E-state index in [9.17, 15) is 5.11 Å². The zero-order valence-corrected chi connectivity index (χ0v) is 10.5. The summed E-state index contributed by atoms with van der Waals surface area (Å²) in [7, 11) is 1.54. The number of hydrogen-bond acceptors (Lipinski definition) is 6. The minimum Gasteiger partial charge on any atom is -0.396 e. The Hall–Kier alpha value is -0.240. The molecule has 2 aliphatic rings. The van der Waals surface area contributed by atoms with E-state index in [2.05, 4.69) is 0 Å². The molecule has 3 N–H and O–H groups in total. The molecule has 2 aliphatic heterocycles. The first-order chi connectivity index (χ1) is 7.98. The van der Waals surface area contributed by atoms with Crippen LogP contribution in [0, 0.1) is 5.92 Å². The normalized spacial score (nSPS) is 45.4. The smallest absolute Gasteiger partial charge is 0.173 e. The zero-order valence-electron chi connectivity index (χ0n) is 10.5. The van der Waals surface area contributed by atoms with Gasteiger partial charge in [-0.3, -0.25) is 0 Å². The van der Waals surface area contributed by atoms with Crippen molar-refractivity contribution < 1.29 is 24.1 Å². The van der Waals surface area contributed by atoms with E-state index in [1.807, 2.05) is 13.8 Å². The van der Waals surface area contributed by atoms with E-state index in [0.717, 1.165) is 0 Å². The molecule has 6 nitrogen and oxygen atoms in total. The maximum atomic E-state index is 9.40. The summed E-state index contributed by atoms with van der Waals surface area (Å²) in [5, 5.41) is 9.40. The predicted octanol–water partition coefficient (Wildman–Crippen LogP) is -0.555. The van der Waals surface area contributed by atoms with Gasteiger partial charge in [-0.2, -0.15) is 0 Å². The summed E-state index contributed by atoms with van der Waals surface area (Å²) >= 11 is 0. The standard InChI is InChI=1S/C11H21NO5/c1-11(2)15-5-7(17-11)9-6(4-13)8(12)10(14-3)16-9/h6-10,13H,4-5,12H2,1-3H3/t6-,7-,8+,9+,10+/m1/s1. The van der Waals surface area contributed by atoms with Gasteiger partial charge in [0, 0.05) is 13.0 Å². The average molecular weight is 247 g/mol. The highest BCUT2D eigenvalue weighted by Crippen LogP contribution is 2.34. The highest BCUT2D eigenvalue weighted by atomic mass is 16.8. The van der Waals surface area contributed by atoms with Crippen molar-refractivity contribution in [3.05, 3.63) is 0 Å². The molecule has 2 fully saturated rings. The zero-order chi connectivity index (χ0) is 12.6. The molecule has 0 aromatic heterocycles. The molecule has 17 heavy (non-hydrogen) atoms. The third-order valence-corrected chi connectivity index (χ3v) is 3.36. The topological polar surface area (TPSA) is 83.2 Å². The Labute approximate surface area is 101 Å². The van der Waals surface area contributed by atoms with Crippen LogP contribution < -0.4 is 5.73 Å². The van der Waals surface area contributed by atoms with Gasteiger partial charge in [-0.15, -0.1) is 0 Å². The number of ether oxygens (including phenoxy) is 4. The van der Waals surface area contributed by atoms with Crippen molar-refractivity contribution in [3.8, 4) is 0 Å². The summed E-state index contributed by atoms with van der Waals surface area (Å²) in [5.74, 6) is -0.800. The third kappa shape index (κ3) is 2.47. The fourth-order valence-electron chi connectivity index (χ4n) is 2.45. The lowest BCUT2D eigenvalue weighted by Gasteiger charge is -2.24. The van der Waals surface area contributed by atoms with Crippen LogP contribution in [-0.2, 0) is 18.9 Å². The van der Waals surface area contributed by atoms with E-state index in [4.69, 9.17) is 24.7 Å². The molecule has 0 aromatic carbocycles. The maximum absolute atomic E-state index is 9.40. The Bertz CT molecular complexity index is 273. The lowest BCUT2D eigenvalue weighted by atomic mass is 9.94. The molecule has 0 spiro atoms. The monoisotopic (exact) mass is 247 g/mol. The van der Waals surface area contributed by atoms with E-state index in [1.54, 1.807) is 0 Å². The summed E-state index contributed by atoms with van der Waals surface area (Å²) in [6.45, 7) is 4.09. The number of rotatable bonds is 3. The quantitative estimate of drug-likeness (QED) is 0.696. The highest BCUT2D eigenvalue weighted by molar-refractivity contribution is 4.95. The fraction of sp³-hybridized carbons (Fsp3) is 1.00.